The number of rotatable bonds is 0. The van der Waals surface area contributed by atoms with Crippen molar-refractivity contribution < 1.29 is 9.13 Å². The lowest BCUT2D eigenvalue weighted by molar-refractivity contribution is 0.314. The van der Waals surface area contributed by atoms with Crippen LogP contribution in [0.2, 0.25) is 0 Å². The summed E-state index contributed by atoms with van der Waals surface area (Å²) >= 11 is 0. The molecule has 76 valence electrons. The summed E-state index contributed by atoms with van der Waals surface area (Å²) in [5.41, 5.74) is 7.52. The summed E-state index contributed by atoms with van der Waals surface area (Å²) in [6.45, 7) is 2.37. The van der Waals surface area contributed by atoms with E-state index in [1.165, 1.54) is 6.07 Å². The first-order valence-electron chi connectivity index (χ1n) is 4.87. The highest BCUT2D eigenvalue weighted by molar-refractivity contribution is 5.40. The van der Waals surface area contributed by atoms with Crippen molar-refractivity contribution in [3.8, 4) is 5.75 Å². The molecular weight excluding hydrogens is 181 g/mol. The van der Waals surface area contributed by atoms with E-state index in [-0.39, 0.29) is 11.9 Å². The fourth-order valence-corrected chi connectivity index (χ4v) is 1.74. The van der Waals surface area contributed by atoms with E-state index in [4.69, 9.17) is 10.5 Å². The Morgan fingerprint density at radius 1 is 1.50 bits per heavy atom. The molecule has 0 amide bonds. The first-order valence-corrected chi connectivity index (χ1v) is 4.87. The summed E-state index contributed by atoms with van der Waals surface area (Å²) in [5.74, 6) is 0.385. The molecule has 1 atom stereocenters. The Bertz CT molecular complexity index is 351. The van der Waals surface area contributed by atoms with Crippen LogP contribution in [0.4, 0.5) is 4.39 Å². The van der Waals surface area contributed by atoms with Gasteiger partial charge in [-0.1, -0.05) is 0 Å². The van der Waals surface area contributed by atoms with E-state index >= 15 is 0 Å². The Labute approximate surface area is 82.9 Å². The van der Waals surface area contributed by atoms with Crippen molar-refractivity contribution in [2.45, 2.75) is 25.8 Å². The first-order chi connectivity index (χ1) is 6.68. The smallest absolute Gasteiger partial charge is 0.129 e. The van der Waals surface area contributed by atoms with Crippen molar-refractivity contribution in [2.75, 3.05) is 6.61 Å². The fourth-order valence-electron chi connectivity index (χ4n) is 1.74. The van der Waals surface area contributed by atoms with Crippen LogP contribution in [0.3, 0.4) is 0 Å². The molecule has 2 rings (SSSR count). The number of halogens is 1. The molecule has 1 aliphatic rings. The molecule has 0 saturated carbocycles. The van der Waals surface area contributed by atoms with Crippen LogP contribution in [0.5, 0.6) is 5.75 Å². The minimum Gasteiger partial charge on any atom is -0.493 e. The van der Waals surface area contributed by atoms with E-state index in [2.05, 4.69) is 0 Å². The largest absolute Gasteiger partial charge is 0.493 e. The number of ether oxygens (including phenoxy) is 1. The van der Waals surface area contributed by atoms with Crippen LogP contribution in [-0.2, 0) is 0 Å². The number of hydrogen-bond acceptors (Lipinski definition) is 2. The van der Waals surface area contributed by atoms with Crippen LogP contribution in [0.25, 0.3) is 0 Å². The Morgan fingerprint density at radius 3 is 3.07 bits per heavy atom. The third-order valence-corrected chi connectivity index (χ3v) is 2.61. The van der Waals surface area contributed by atoms with E-state index in [9.17, 15) is 4.39 Å². The maximum Gasteiger partial charge on any atom is 0.129 e. The van der Waals surface area contributed by atoms with Gasteiger partial charge in [0.05, 0.1) is 6.61 Å². The van der Waals surface area contributed by atoms with Gasteiger partial charge >= 0.3 is 0 Å². The van der Waals surface area contributed by atoms with Gasteiger partial charge in [0.2, 0.25) is 0 Å². The van der Waals surface area contributed by atoms with Crippen LogP contribution in [0, 0.1) is 12.7 Å². The van der Waals surface area contributed by atoms with Crippen molar-refractivity contribution in [3.05, 3.63) is 29.1 Å². The summed E-state index contributed by atoms with van der Waals surface area (Å²) in [6.07, 6.45) is 1.83. The first kappa shape index (κ1) is 9.46. The number of hydrogen-bond donors (Lipinski definition) is 1. The average molecular weight is 195 g/mol. The van der Waals surface area contributed by atoms with Crippen molar-refractivity contribution in [3.63, 3.8) is 0 Å². The summed E-state index contributed by atoms with van der Waals surface area (Å²) in [5, 5.41) is 0. The molecule has 0 bridgehead atoms. The van der Waals surface area contributed by atoms with Gasteiger partial charge < -0.3 is 10.5 Å². The molecule has 1 aromatic rings. The van der Waals surface area contributed by atoms with E-state index in [1.54, 1.807) is 13.0 Å². The van der Waals surface area contributed by atoms with E-state index in [0.29, 0.717) is 17.9 Å². The molecular formula is C11H14FNO. The Balaban J connectivity index is 2.49. The van der Waals surface area contributed by atoms with Crippen molar-refractivity contribution >= 4 is 0 Å². The lowest BCUT2D eigenvalue weighted by Gasteiger charge is -2.12. The lowest BCUT2D eigenvalue weighted by atomic mass is 10.0. The predicted octanol–water partition coefficient (Wildman–Crippen LogP) is 2.31. The molecule has 3 heteroatoms. The highest BCUT2D eigenvalue weighted by Crippen LogP contribution is 2.31. The highest BCUT2D eigenvalue weighted by Gasteiger charge is 2.17. The average Bonchev–Trinajstić information content (AvgIpc) is 2.31. The lowest BCUT2D eigenvalue weighted by Crippen LogP contribution is -2.09. The summed E-state index contributed by atoms with van der Waals surface area (Å²) < 4.78 is 18.7. The molecule has 0 fully saturated rings. The molecule has 1 unspecified atom stereocenters. The van der Waals surface area contributed by atoms with Gasteiger partial charge in [-0.05, 0) is 31.4 Å². The number of fused-ring (bicyclic) bond motifs is 1. The van der Waals surface area contributed by atoms with Gasteiger partial charge in [0.15, 0.2) is 0 Å². The maximum atomic E-state index is 13.2. The molecule has 1 heterocycles. The van der Waals surface area contributed by atoms with Crippen LogP contribution >= 0.6 is 0 Å². The second kappa shape index (κ2) is 3.58. The molecule has 2 N–H and O–H groups in total. The molecule has 0 radical (unpaired) electrons. The Hall–Kier alpha value is -1.09. The normalized spacial score (nSPS) is 20.9. The second-order valence-corrected chi connectivity index (χ2v) is 3.74. The SMILES string of the molecule is Cc1cc2c(cc1F)OCCCC2N. The van der Waals surface area contributed by atoms with Gasteiger partial charge in [-0.2, -0.15) is 0 Å². The molecule has 0 aromatic heterocycles. The van der Waals surface area contributed by atoms with Gasteiger partial charge in [0.1, 0.15) is 11.6 Å². The van der Waals surface area contributed by atoms with Crippen LogP contribution in [0.15, 0.2) is 12.1 Å². The third-order valence-electron chi connectivity index (χ3n) is 2.61. The van der Waals surface area contributed by atoms with Crippen molar-refractivity contribution in [1.29, 1.82) is 0 Å². The second-order valence-electron chi connectivity index (χ2n) is 3.74. The van der Waals surface area contributed by atoms with Crippen molar-refractivity contribution in [2.24, 2.45) is 5.73 Å². The Morgan fingerprint density at radius 2 is 2.29 bits per heavy atom. The minimum absolute atomic E-state index is 0.0215. The minimum atomic E-state index is -0.224. The monoisotopic (exact) mass is 195 g/mol. The van der Waals surface area contributed by atoms with Gasteiger partial charge in [0, 0.05) is 17.7 Å². The van der Waals surface area contributed by atoms with Gasteiger partial charge in [-0.3, -0.25) is 0 Å². The summed E-state index contributed by atoms with van der Waals surface area (Å²) in [6, 6.07) is 3.21. The van der Waals surface area contributed by atoms with Crippen molar-refractivity contribution in [1.82, 2.24) is 0 Å². The van der Waals surface area contributed by atoms with E-state index in [0.717, 1.165) is 18.4 Å². The van der Waals surface area contributed by atoms with Gasteiger partial charge in [-0.25, -0.2) is 4.39 Å². The molecule has 1 aliphatic heterocycles. The fraction of sp³-hybridized carbons (Fsp3) is 0.455. The van der Waals surface area contributed by atoms with E-state index < -0.39 is 0 Å². The molecule has 0 saturated heterocycles. The van der Waals surface area contributed by atoms with Crippen LogP contribution in [0.1, 0.15) is 30.0 Å². The number of benzene rings is 1. The zero-order chi connectivity index (χ0) is 10.1. The quantitative estimate of drug-likeness (QED) is 0.689. The van der Waals surface area contributed by atoms with Crippen LogP contribution in [-0.4, -0.2) is 6.61 Å². The number of nitrogens with two attached hydrogens (primary N) is 1. The molecule has 14 heavy (non-hydrogen) atoms. The van der Waals surface area contributed by atoms with Gasteiger partial charge in [-0.15, -0.1) is 0 Å². The molecule has 0 spiro atoms. The van der Waals surface area contributed by atoms with E-state index in [1.807, 2.05) is 0 Å². The molecule has 1 aromatic carbocycles. The number of aryl methyl sites for hydroxylation is 1. The maximum absolute atomic E-state index is 13.2. The highest BCUT2D eigenvalue weighted by atomic mass is 19.1. The summed E-state index contributed by atoms with van der Waals surface area (Å²) in [4.78, 5) is 0. The predicted molar refractivity (Wildman–Crippen MR) is 52.8 cm³/mol. The van der Waals surface area contributed by atoms with Crippen LogP contribution < -0.4 is 10.5 Å². The topological polar surface area (TPSA) is 35.2 Å². The third kappa shape index (κ3) is 1.60. The summed E-state index contributed by atoms with van der Waals surface area (Å²) in [7, 11) is 0. The van der Waals surface area contributed by atoms with Gasteiger partial charge in [0.25, 0.3) is 0 Å². The Kier molecular flexibility index (Phi) is 2.42. The molecule has 0 aliphatic carbocycles. The zero-order valence-electron chi connectivity index (χ0n) is 8.22. The zero-order valence-corrected chi connectivity index (χ0v) is 8.22. The molecule has 2 nitrogen and oxygen atoms in total. The standard InChI is InChI=1S/C11H14FNO/c1-7-5-8-10(13)3-2-4-14-11(8)6-9(7)12/h5-6,10H,2-4,13H2,1H3.